The smallest absolute Gasteiger partial charge is 0.227 e. The van der Waals surface area contributed by atoms with Gasteiger partial charge in [0.05, 0.1) is 0 Å². The Kier molecular flexibility index (Phi) is 3.47. The van der Waals surface area contributed by atoms with Gasteiger partial charge >= 0.3 is 0 Å². The van der Waals surface area contributed by atoms with E-state index in [0.717, 1.165) is 44.6 Å². The highest BCUT2D eigenvalue weighted by atomic mass is 16.2. The summed E-state index contributed by atoms with van der Waals surface area (Å²) in [4.78, 5) is 29.0. The normalized spacial score (nSPS) is 27.6. The van der Waals surface area contributed by atoms with E-state index in [2.05, 4.69) is 12.2 Å². The summed E-state index contributed by atoms with van der Waals surface area (Å²) < 4.78 is 0. The fourth-order valence-corrected chi connectivity index (χ4v) is 4.21. The molecule has 0 unspecified atom stereocenters. The van der Waals surface area contributed by atoms with Crippen molar-refractivity contribution in [2.24, 2.45) is 11.3 Å². The zero-order valence-electron chi connectivity index (χ0n) is 13.3. The molecule has 0 bridgehead atoms. The van der Waals surface area contributed by atoms with Crippen LogP contribution in [0.25, 0.3) is 0 Å². The number of nitrogens with zero attached hydrogens (tertiary/aromatic N) is 2. The number of rotatable bonds is 2. The standard InChI is InChI=1S/C19H22N2O2/c22-17-12-19(14-21(17)16-8-2-1-3-9-16)10-11-20(13-19)18(23)15-6-4-5-7-15/h1-5,8-9,15H,6-7,10-14H2/t19-/m1/s1. The summed E-state index contributed by atoms with van der Waals surface area (Å²) in [6.45, 7) is 2.27. The van der Waals surface area contributed by atoms with E-state index in [0.29, 0.717) is 6.42 Å². The van der Waals surface area contributed by atoms with Gasteiger partial charge in [-0.15, -0.1) is 0 Å². The maximum absolute atomic E-state index is 12.6. The summed E-state index contributed by atoms with van der Waals surface area (Å²) in [6, 6.07) is 9.86. The number of para-hydroxylation sites is 1. The highest BCUT2D eigenvalue weighted by molar-refractivity contribution is 5.96. The molecule has 0 radical (unpaired) electrons. The van der Waals surface area contributed by atoms with Gasteiger partial charge in [0.2, 0.25) is 11.8 Å². The maximum atomic E-state index is 12.6. The molecule has 4 nitrogen and oxygen atoms in total. The van der Waals surface area contributed by atoms with Crippen molar-refractivity contribution in [3.8, 4) is 0 Å². The van der Waals surface area contributed by atoms with Gasteiger partial charge in [-0.1, -0.05) is 30.4 Å². The van der Waals surface area contributed by atoms with Crippen molar-refractivity contribution in [3.63, 3.8) is 0 Å². The van der Waals surface area contributed by atoms with E-state index in [1.54, 1.807) is 0 Å². The second kappa shape index (κ2) is 5.52. The van der Waals surface area contributed by atoms with Crippen molar-refractivity contribution in [2.45, 2.75) is 25.7 Å². The molecule has 2 heterocycles. The predicted molar refractivity (Wildman–Crippen MR) is 88.9 cm³/mol. The lowest BCUT2D eigenvalue weighted by molar-refractivity contribution is -0.134. The monoisotopic (exact) mass is 310 g/mol. The lowest BCUT2D eigenvalue weighted by Crippen LogP contribution is -2.36. The fourth-order valence-electron chi connectivity index (χ4n) is 4.21. The molecule has 0 saturated carbocycles. The van der Waals surface area contributed by atoms with Crippen LogP contribution in [0.3, 0.4) is 0 Å². The molecule has 3 aliphatic rings. The number of carbonyl (C=O) groups excluding carboxylic acids is 2. The van der Waals surface area contributed by atoms with E-state index in [1.807, 2.05) is 40.1 Å². The first-order valence-electron chi connectivity index (χ1n) is 8.46. The number of amides is 2. The average molecular weight is 310 g/mol. The third-order valence-electron chi connectivity index (χ3n) is 5.50. The first-order chi connectivity index (χ1) is 11.2. The van der Waals surface area contributed by atoms with Crippen LogP contribution in [0.15, 0.2) is 42.5 Å². The Balaban J connectivity index is 1.46. The largest absolute Gasteiger partial charge is 0.342 e. The van der Waals surface area contributed by atoms with Gasteiger partial charge in [-0.25, -0.2) is 0 Å². The van der Waals surface area contributed by atoms with E-state index in [9.17, 15) is 9.59 Å². The molecule has 1 aromatic carbocycles. The van der Waals surface area contributed by atoms with Crippen molar-refractivity contribution < 1.29 is 9.59 Å². The highest BCUT2D eigenvalue weighted by Crippen LogP contribution is 2.42. The van der Waals surface area contributed by atoms with Crippen LogP contribution in [0.4, 0.5) is 5.69 Å². The van der Waals surface area contributed by atoms with Gasteiger partial charge < -0.3 is 9.80 Å². The molecule has 1 aliphatic carbocycles. The van der Waals surface area contributed by atoms with E-state index in [1.165, 1.54) is 0 Å². The first kappa shape index (κ1) is 14.5. The molecule has 1 atom stereocenters. The molecule has 2 amide bonds. The topological polar surface area (TPSA) is 40.6 Å². The van der Waals surface area contributed by atoms with Crippen molar-refractivity contribution >= 4 is 17.5 Å². The minimum absolute atomic E-state index is 0.0470. The Labute approximate surface area is 136 Å². The minimum atomic E-state index is -0.0470. The summed E-state index contributed by atoms with van der Waals surface area (Å²) in [6.07, 6.45) is 7.45. The number of benzene rings is 1. The molecule has 0 N–H and O–H groups in total. The van der Waals surface area contributed by atoms with Crippen molar-refractivity contribution in [2.75, 3.05) is 24.5 Å². The van der Waals surface area contributed by atoms with Crippen LogP contribution < -0.4 is 4.90 Å². The highest BCUT2D eigenvalue weighted by Gasteiger charge is 2.49. The van der Waals surface area contributed by atoms with Crippen molar-refractivity contribution in [1.29, 1.82) is 0 Å². The number of likely N-dealkylation sites (tertiary alicyclic amines) is 1. The Hall–Kier alpha value is -2.10. The summed E-state index contributed by atoms with van der Waals surface area (Å²) in [5.74, 6) is 0.595. The van der Waals surface area contributed by atoms with E-state index in [-0.39, 0.29) is 23.1 Å². The number of carbonyl (C=O) groups is 2. The van der Waals surface area contributed by atoms with Gasteiger partial charge in [0, 0.05) is 43.1 Å². The van der Waals surface area contributed by atoms with Gasteiger partial charge in [0.25, 0.3) is 0 Å². The Morgan fingerprint density at radius 1 is 1.09 bits per heavy atom. The minimum Gasteiger partial charge on any atom is -0.342 e. The van der Waals surface area contributed by atoms with Gasteiger partial charge in [-0.2, -0.15) is 0 Å². The van der Waals surface area contributed by atoms with Crippen molar-refractivity contribution in [1.82, 2.24) is 4.90 Å². The third-order valence-corrected chi connectivity index (χ3v) is 5.50. The van der Waals surface area contributed by atoms with Crippen LogP contribution in [-0.2, 0) is 9.59 Å². The van der Waals surface area contributed by atoms with E-state index in [4.69, 9.17) is 0 Å². The lowest BCUT2D eigenvalue weighted by atomic mass is 9.86. The second-order valence-corrected chi connectivity index (χ2v) is 7.14. The van der Waals surface area contributed by atoms with Crippen LogP contribution >= 0.6 is 0 Å². The molecule has 23 heavy (non-hydrogen) atoms. The van der Waals surface area contributed by atoms with Crippen LogP contribution in [0.1, 0.15) is 25.7 Å². The molecule has 4 rings (SSSR count). The number of allylic oxidation sites excluding steroid dienone is 2. The maximum Gasteiger partial charge on any atom is 0.227 e. The number of hydrogen-bond donors (Lipinski definition) is 0. The Morgan fingerprint density at radius 2 is 1.83 bits per heavy atom. The predicted octanol–water partition coefficient (Wildman–Crippen LogP) is 2.61. The molecule has 1 aromatic rings. The lowest BCUT2D eigenvalue weighted by Gasteiger charge is -2.25. The summed E-state index contributed by atoms with van der Waals surface area (Å²) >= 11 is 0. The SMILES string of the molecule is O=C(C1CC=CC1)N1CC[C@@]2(CC(=O)N(c3ccccc3)C2)C1. The molecule has 120 valence electrons. The summed E-state index contributed by atoms with van der Waals surface area (Å²) in [5, 5.41) is 0. The Morgan fingerprint density at radius 3 is 2.57 bits per heavy atom. The summed E-state index contributed by atoms with van der Waals surface area (Å²) in [7, 11) is 0. The first-order valence-corrected chi connectivity index (χ1v) is 8.46. The number of hydrogen-bond acceptors (Lipinski definition) is 2. The van der Waals surface area contributed by atoms with Gasteiger partial charge in [-0.3, -0.25) is 9.59 Å². The summed E-state index contributed by atoms with van der Waals surface area (Å²) in [5.41, 5.74) is 0.924. The Bertz CT molecular complexity index is 647. The van der Waals surface area contributed by atoms with Gasteiger partial charge in [0.1, 0.15) is 0 Å². The number of anilines is 1. The average Bonchev–Trinajstić information content (AvgIpc) is 3.29. The van der Waals surface area contributed by atoms with Crippen molar-refractivity contribution in [3.05, 3.63) is 42.5 Å². The zero-order chi connectivity index (χ0) is 15.9. The van der Waals surface area contributed by atoms with Crippen LogP contribution in [-0.4, -0.2) is 36.3 Å². The third kappa shape index (κ3) is 2.56. The molecule has 2 fully saturated rings. The fraction of sp³-hybridized carbons (Fsp3) is 0.474. The molecular formula is C19H22N2O2. The van der Waals surface area contributed by atoms with Gasteiger partial charge in [-0.05, 0) is 31.4 Å². The van der Waals surface area contributed by atoms with E-state index < -0.39 is 0 Å². The zero-order valence-corrected chi connectivity index (χ0v) is 13.3. The molecule has 2 aliphatic heterocycles. The van der Waals surface area contributed by atoms with Gasteiger partial charge in [0.15, 0.2) is 0 Å². The molecular weight excluding hydrogens is 288 g/mol. The quantitative estimate of drug-likeness (QED) is 0.788. The van der Waals surface area contributed by atoms with E-state index >= 15 is 0 Å². The second-order valence-electron chi connectivity index (χ2n) is 7.14. The van der Waals surface area contributed by atoms with Crippen LogP contribution in [0.2, 0.25) is 0 Å². The van der Waals surface area contributed by atoms with Crippen LogP contribution in [0.5, 0.6) is 0 Å². The molecule has 0 aromatic heterocycles. The molecule has 4 heteroatoms. The molecule has 1 spiro atoms. The van der Waals surface area contributed by atoms with Crippen LogP contribution in [0, 0.1) is 11.3 Å². The molecule has 2 saturated heterocycles.